The molecule has 0 radical (unpaired) electrons. The van der Waals surface area contributed by atoms with E-state index in [-0.39, 0.29) is 18.1 Å². The molecule has 35 heavy (non-hydrogen) atoms. The quantitative estimate of drug-likeness (QED) is 0.476. The van der Waals surface area contributed by atoms with Crippen molar-refractivity contribution >= 4 is 5.91 Å². The Morgan fingerprint density at radius 2 is 1.94 bits per heavy atom. The van der Waals surface area contributed by atoms with Gasteiger partial charge in [0.2, 0.25) is 5.91 Å². The van der Waals surface area contributed by atoms with E-state index in [0.717, 1.165) is 36.5 Å². The molecule has 4 heterocycles. The largest absolute Gasteiger partial charge is 0.335 e. The smallest absolute Gasteiger partial charge is 0.244 e. The van der Waals surface area contributed by atoms with E-state index in [0.29, 0.717) is 36.6 Å². The molecule has 174 valence electrons. The lowest BCUT2D eigenvalue weighted by Gasteiger charge is -2.25. The first-order valence-electron chi connectivity index (χ1n) is 11.7. The van der Waals surface area contributed by atoms with Crippen LogP contribution in [-0.2, 0) is 43.6 Å². The molecule has 1 aromatic carbocycles. The highest BCUT2D eigenvalue weighted by Gasteiger charge is 2.25. The van der Waals surface area contributed by atoms with Gasteiger partial charge < -0.3 is 4.90 Å². The van der Waals surface area contributed by atoms with Gasteiger partial charge in [-0.3, -0.25) is 14.6 Å². The van der Waals surface area contributed by atoms with Crippen LogP contribution in [0.4, 0.5) is 0 Å². The van der Waals surface area contributed by atoms with Gasteiger partial charge in [0.25, 0.3) is 0 Å². The molecule has 0 fully saturated rings. The van der Waals surface area contributed by atoms with Gasteiger partial charge in [0.05, 0.1) is 12.2 Å². The summed E-state index contributed by atoms with van der Waals surface area (Å²) in [5.41, 5.74) is 6.19. The lowest BCUT2D eigenvalue weighted by molar-refractivity contribution is -0.133. The van der Waals surface area contributed by atoms with Crippen LogP contribution in [0.5, 0.6) is 0 Å². The molecule has 0 bridgehead atoms. The van der Waals surface area contributed by atoms with E-state index in [9.17, 15) is 10.1 Å². The second-order valence-corrected chi connectivity index (χ2v) is 9.14. The van der Waals surface area contributed by atoms with Gasteiger partial charge >= 0.3 is 0 Å². The Balaban J connectivity index is 1.13. The van der Waals surface area contributed by atoms with Crippen LogP contribution in [-0.4, -0.2) is 52.5 Å². The highest BCUT2D eigenvalue weighted by Crippen LogP contribution is 2.29. The number of aromatic amines is 1. The molecule has 10 nitrogen and oxygen atoms in total. The number of fused-ring (bicyclic) bond motifs is 2. The standard InChI is InChI=1S/C25H23N9O/c26-10-22-20(13-34(31-22)15-25(35)33-6-5-21-23(14-33)30-32-29-21)19-11-27-24(28-12-19)9-16-7-17-3-1-2-4-18(17)8-16/h1-4,11-13,16H,5-9,14-15H2,(H,29,30,32). The van der Waals surface area contributed by atoms with Crippen molar-refractivity contribution < 1.29 is 4.79 Å². The summed E-state index contributed by atoms with van der Waals surface area (Å²) in [5.74, 6) is 1.22. The Bertz CT molecular complexity index is 1400. The number of benzene rings is 1. The molecule has 1 amide bonds. The Labute approximate surface area is 201 Å². The van der Waals surface area contributed by atoms with E-state index in [1.165, 1.54) is 15.8 Å². The number of H-pyrrole nitrogens is 1. The number of hydrogen-bond acceptors (Lipinski definition) is 7. The Hall–Kier alpha value is -4.39. The number of rotatable bonds is 5. The van der Waals surface area contributed by atoms with Crippen LogP contribution in [0.25, 0.3) is 11.1 Å². The van der Waals surface area contributed by atoms with Gasteiger partial charge in [-0.1, -0.05) is 29.5 Å². The summed E-state index contributed by atoms with van der Waals surface area (Å²) in [6.45, 7) is 1.06. The molecule has 3 aromatic heterocycles. The van der Waals surface area contributed by atoms with Crippen molar-refractivity contribution in [2.45, 2.75) is 38.8 Å². The van der Waals surface area contributed by atoms with Gasteiger partial charge in [-0.2, -0.15) is 10.4 Å². The zero-order valence-electron chi connectivity index (χ0n) is 19.1. The number of aromatic nitrogens is 7. The molecule has 1 aliphatic heterocycles. The molecule has 0 unspecified atom stereocenters. The second-order valence-electron chi connectivity index (χ2n) is 9.14. The highest BCUT2D eigenvalue weighted by molar-refractivity contribution is 5.76. The first-order valence-corrected chi connectivity index (χ1v) is 11.7. The van der Waals surface area contributed by atoms with E-state index in [1.807, 2.05) is 0 Å². The van der Waals surface area contributed by atoms with Crippen molar-refractivity contribution in [2.24, 2.45) is 5.92 Å². The number of nitriles is 1. The lowest BCUT2D eigenvalue weighted by atomic mass is 10.0. The van der Waals surface area contributed by atoms with E-state index in [1.54, 1.807) is 23.5 Å². The molecule has 2 aliphatic rings. The third kappa shape index (κ3) is 4.17. The number of amides is 1. The van der Waals surface area contributed by atoms with E-state index in [4.69, 9.17) is 0 Å². The summed E-state index contributed by atoms with van der Waals surface area (Å²) < 4.78 is 1.51. The molecule has 1 N–H and O–H groups in total. The van der Waals surface area contributed by atoms with Crippen molar-refractivity contribution in [2.75, 3.05) is 6.54 Å². The van der Waals surface area contributed by atoms with Crippen LogP contribution < -0.4 is 0 Å². The van der Waals surface area contributed by atoms with Gasteiger partial charge in [0.15, 0.2) is 5.69 Å². The fourth-order valence-corrected chi connectivity index (χ4v) is 5.00. The van der Waals surface area contributed by atoms with Crippen LogP contribution in [0, 0.1) is 17.2 Å². The second kappa shape index (κ2) is 8.76. The predicted octanol–water partition coefficient (Wildman–Crippen LogP) is 1.87. The molecule has 0 saturated heterocycles. The maximum atomic E-state index is 12.8. The van der Waals surface area contributed by atoms with Crippen LogP contribution in [0.2, 0.25) is 0 Å². The van der Waals surface area contributed by atoms with Crippen LogP contribution in [0.1, 0.15) is 34.0 Å². The summed E-state index contributed by atoms with van der Waals surface area (Å²) >= 11 is 0. The molecule has 10 heteroatoms. The van der Waals surface area contributed by atoms with Crippen molar-refractivity contribution in [1.82, 2.24) is 40.1 Å². The third-order valence-electron chi connectivity index (χ3n) is 6.82. The zero-order chi connectivity index (χ0) is 23.8. The Kier molecular flexibility index (Phi) is 5.29. The van der Waals surface area contributed by atoms with Gasteiger partial charge in [-0.25, -0.2) is 9.97 Å². The lowest BCUT2D eigenvalue weighted by Crippen LogP contribution is -2.38. The summed E-state index contributed by atoms with van der Waals surface area (Å²) in [6.07, 6.45) is 8.81. The van der Waals surface area contributed by atoms with Gasteiger partial charge in [0.1, 0.15) is 24.1 Å². The third-order valence-corrected chi connectivity index (χ3v) is 6.82. The van der Waals surface area contributed by atoms with Gasteiger partial charge in [0, 0.05) is 49.1 Å². The molecular formula is C25H23N9O. The Morgan fingerprint density at radius 3 is 2.69 bits per heavy atom. The average Bonchev–Trinajstić information content (AvgIpc) is 3.61. The molecule has 0 atom stereocenters. The topological polar surface area (TPSA) is 129 Å². The monoisotopic (exact) mass is 465 g/mol. The maximum Gasteiger partial charge on any atom is 0.244 e. The fraction of sp³-hybridized carbons (Fsp3) is 0.320. The summed E-state index contributed by atoms with van der Waals surface area (Å²) in [7, 11) is 0. The number of nitrogens with one attached hydrogen (secondary N) is 1. The predicted molar refractivity (Wildman–Crippen MR) is 125 cm³/mol. The maximum absolute atomic E-state index is 12.8. The molecular weight excluding hydrogens is 442 g/mol. The minimum absolute atomic E-state index is 0.0447. The van der Waals surface area contributed by atoms with Crippen LogP contribution >= 0.6 is 0 Å². The molecule has 4 aromatic rings. The highest BCUT2D eigenvalue weighted by atomic mass is 16.2. The number of nitrogens with zero attached hydrogens (tertiary/aromatic N) is 8. The normalized spacial score (nSPS) is 15.0. The van der Waals surface area contributed by atoms with Crippen molar-refractivity contribution in [1.29, 1.82) is 5.26 Å². The summed E-state index contributed by atoms with van der Waals surface area (Å²) in [5, 5.41) is 24.6. The van der Waals surface area contributed by atoms with E-state index in [2.05, 4.69) is 60.8 Å². The zero-order valence-corrected chi connectivity index (χ0v) is 19.1. The van der Waals surface area contributed by atoms with Crippen molar-refractivity contribution in [3.63, 3.8) is 0 Å². The average molecular weight is 466 g/mol. The van der Waals surface area contributed by atoms with Crippen LogP contribution in [0.15, 0.2) is 42.9 Å². The first kappa shape index (κ1) is 21.2. The van der Waals surface area contributed by atoms with Crippen LogP contribution in [0.3, 0.4) is 0 Å². The van der Waals surface area contributed by atoms with E-state index < -0.39 is 0 Å². The minimum Gasteiger partial charge on any atom is -0.335 e. The molecule has 6 rings (SSSR count). The number of hydrogen-bond donors (Lipinski definition) is 1. The van der Waals surface area contributed by atoms with Gasteiger partial charge in [-0.15, -0.1) is 5.10 Å². The summed E-state index contributed by atoms with van der Waals surface area (Å²) in [6, 6.07) is 10.7. The minimum atomic E-state index is -0.0821. The molecule has 0 spiro atoms. The molecule has 0 saturated carbocycles. The SMILES string of the molecule is N#Cc1nn(CC(=O)N2CCc3[nH]nnc3C2)cc1-c1cnc(CC2Cc3ccccc3C2)nc1. The molecule has 1 aliphatic carbocycles. The van der Waals surface area contributed by atoms with Crippen molar-refractivity contribution in [3.8, 4) is 17.2 Å². The van der Waals surface area contributed by atoms with Crippen molar-refractivity contribution in [3.05, 3.63) is 76.9 Å². The Morgan fingerprint density at radius 1 is 1.17 bits per heavy atom. The first-order chi connectivity index (χ1) is 17.2. The van der Waals surface area contributed by atoms with Gasteiger partial charge in [-0.05, 0) is 29.9 Å². The number of carbonyl (C=O) groups is 1. The number of carbonyl (C=O) groups excluding carboxylic acids is 1. The fourth-order valence-electron chi connectivity index (χ4n) is 5.00. The summed E-state index contributed by atoms with van der Waals surface area (Å²) in [4.78, 5) is 23.7. The van der Waals surface area contributed by atoms with E-state index >= 15 is 0 Å².